The van der Waals surface area contributed by atoms with Crippen molar-refractivity contribution in [1.29, 1.82) is 0 Å². The molecule has 0 spiro atoms. The van der Waals surface area contributed by atoms with Crippen molar-refractivity contribution in [2.45, 2.75) is 13.3 Å². The van der Waals surface area contributed by atoms with Crippen molar-refractivity contribution in [3.8, 4) is 0 Å². The van der Waals surface area contributed by atoms with Gasteiger partial charge < -0.3 is 5.32 Å². The van der Waals surface area contributed by atoms with Crippen molar-refractivity contribution in [2.75, 3.05) is 12.3 Å². The summed E-state index contributed by atoms with van der Waals surface area (Å²) < 4.78 is 0. The van der Waals surface area contributed by atoms with Crippen LogP contribution in [0.2, 0.25) is 0 Å². The summed E-state index contributed by atoms with van der Waals surface area (Å²) in [5, 5.41) is 5.56. The molecule has 1 aliphatic heterocycles. The first-order valence-electron chi connectivity index (χ1n) is 4.86. The van der Waals surface area contributed by atoms with Crippen molar-refractivity contribution in [3.63, 3.8) is 0 Å². The van der Waals surface area contributed by atoms with E-state index < -0.39 is 0 Å². The zero-order valence-electron chi connectivity index (χ0n) is 8.45. The van der Waals surface area contributed by atoms with Gasteiger partial charge in [-0.25, -0.2) is 0 Å². The number of amidine groups is 1. The van der Waals surface area contributed by atoms with Gasteiger partial charge in [-0.15, -0.1) is 11.3 Å². The molecule has 1 aromatic heterocycles. The highest BCUT2D eigenvalue weighted by Gasteiger charge is 2.15. The topological polar surface area (TPSA) is 41.5 Å². The maximum Gasteiger partial charge on any atom is 0.267 e. The van der Waals surface area contributed by atoms with Crippen LogP contribution in [-0.2, 0) is 6.42 Å². The van der Waals surface area contributed by atoms with Crippen LogP contribution in [0.5, 0.6) is 0 Å². The molecule has 3 nitrogen and oxygen atoms in total. The Morgan fingerprint density at radius 3 is 3.20 bits per heavy atom. The Morgan fingerprint density at radius 2 is 2.53 bits per heavy atom. The smallest absolute Gasteiger partial charge is 0.267 e. The number of aliphatic imine (C=N–C) groups is 1. The summed E-state index contributed by atoms with van der Waals surface area (Å²) in [5.41, 5.74) is 1.11. The first kappa shape index (κ1) is 10.7. The summed E-state index contributed by atoms with van der Waals surface area (Å²) in [6.07, 6.45) is 0.895. The molecule has 80 valence electrons. The third-order valence-corrected chi connectivity index (χ3v) is 3.99. The van der Waals surface area contributed by atoms with E-state index in [1.165, 1.54) is 11.3 Å². The number of amides is 1. The molecule has 0 fully saturated rings. The molecular weight excluding hydrogens is 228 g/mol. The Hall–Kier alpha value is -0.810. The van der Waals surface area contributed by atoms with Gasteiger partial charge in [0.05, 0.1) is 11.4 Å². The minimum atomic E-state index is -0.0185. The van der Waals surface area contributed by atoms with E-state index in [0.29, 0.717) is 0 Å². The van der Waals surface area contributed by atoms with Gasteiger partial charge in [-0.3, -0.25) is 9.79 Å². The Morgan fingerprint density at radius 1 is 1.67 bits per heavy atom. The van der Waals surface area contributed by atoms with Gasteiger partial charge in [-0.2, -0.15) is 0 Å². The zero-order chi connectivity index (χ0) is 10.7. The standard InChI is InChI=1S/C10H12N2OS2/c1-2-7-3-5-14-8(7)9(13)12-10-11-4-6-15-10/h3,5H,2,4,6H2,1H3,(H,11,12,13). The van der Waals surface area contributed by atoms with E-state index in [1.807, 2.05) is 11.4 Å². The van der Waals surface area contributed by atoms with Gasteiger partial charge in [0.15, 0.2) is 5.17 Å². The lowest BCUT2D eigenvalue weighted by molar-refractivity contribution is 0.0981. The number of nitrogens with one attached hydrogen (secondary N) is 1. The SMILES string of the molecule is CCc1ccsc1C(=O)NC1=NCCS1. The molecule has 0 bridgehead atoms. The molecule has 2 heterocycles. The van der Waals surface area contributed by atoms with Crippen LogP contribution in [0.3, 0.4) is 0 Å². The van der Waals surface area contributed by atoms with Crippen LogP contribution < -0.4 is 5.32 Å². The molecule has 0 radical (unpaired) electrons. The Labute approximate surface area is 97.0 Å². The van der Waals surface area contributed by atoms with E-state index in [-0.39, 0.29) is 5.91 Å². The van der Waals surface area contributed by atoms with Crippen LogP contribution in [-0.4, -0.2) is 23.4 Å². The second kappa shape index (κ2) is 4.81. The molecule has 0 unspecified atom stereocenters. The van der Waals surface area contributed by atoms with Gasteiger partial charge in [0.1, 0.15) is 0 Å². The minimum absolute atomic E-state index is 0.0185. The second-order valence-corrected chi connectivity index (χ2v) is 5.12. The predicted molar refractivity (Wildman–Crippen MR) is 65.9 cm³/mol. The molecule has 5 heteroatoms. The van der Waals surface area contributed by atoms with E-state index >= 15 is 0 Å². The number of thioether (sulfide) groups is 1. The van der Waals surface area contributed by atoms with Gasteiger partial charge in [0, 0.05) is 5.75 Å². The summed E-state index contributed by atoms with van der Waals surface area (Å²) in [7, 11) is 0. The number of carbonyl (C=O) groups excluding carboxylic acids is 1. The maximum absolute atomic E-state index is 11.8. The Balaban J connectivity index is 2.07. The van der Waals surface area contributed by atoms with Crippen LogP contribution in [0.25, 0.3) is 0 Å². The van der Waals surface area contributed by atoms with E-state index in [9.17, 15) is 4.79 Å². The third-order valence-electron chi connectivity index (χ3n) is 2.14. The maximum atomic E-state index is 11.8. The highest BCUT2D eigenvalue weighted by Crippen LogP contribution is 2.18. The first-order chi connectivity index (χ1) is 7.31. The fourth-order valence-electron chi connectivity index (χ4n) is 1.38. The van der Waals surface area contributed by atoms with E-state index in [0.717, 1.165) is 34.3 Å². The molecule has 1 amide bonds. The molecule has 0 atom stereocenters. The summed E-state index contributed by atoms with van der Waals surface area (Å²) in [6.45, 7) is 2.87. The Kier molecular flexibility index (Phi) is 3.43. The molecule has 0 aliphatic carbocycles. The molecule has 1 aliphatic rings. The number of aryl methyl sites for hydroxylation is 1. The fraction of sp³-hybridized carbons (Fsp3) is 0.400. The van der Waals surface area contributed by atoms with Crippen LogP contribution in [0, 0.1) is 0 Å². The summed E-state index contributed by atoms with van der Waals surface area (Å²) in [6, 6.07) is 2.00. The largest absolute Gasteiger partial charge is 0.301 e. The lowest BCUT2D eigenvalue weighted by Crippen LogP contribution is -2.27. The van der Waals surface area contributed by atoms with Crippen molar-refractivity contribution >= 4 is 34.2 Å². The molecule has 2 rings (SSSR count). The van der Waals surface area contributed by atoms with Crippen LogP contribution >= 0.6 is 23.1 Å². The number of hydrogen-bond acceptors (Lipinski definition) is 4. The third kappa shape index (κ3) is 2.41. The number of hydrogen-bond donors (Lipinski definition) is 1. The minimum Gasteiger partial charge on any atom is -0.301 e. The van der Waals surface area contributed by atoms with Crippen molar-refractivity contribution in [3.05, 3.63) is 21.9 Å². The average molecular weight is 240 g/mol. The van der Waals surface area contributed by atoms with Gasteiger partial charge in [-0.1, -0.05) is 18.7 Å². The zero-order valence-corrected chi connectivity index (χ0v) is 10.1. The van der Waals surface area contributed by atoms with Crippen LogP contribution in [0.4, 0.5) is 0 Å². The highest BCUT2D eigenvalue weighted by molar-refractivity contribution is 8.14. The summed E-state index contributed by atoms with van der Waals surface area (Å²) in [5.74, 6) is 0.954. The molecule has 1 N–H and O–H groups in total. The van der Waals surface area contributed by atoms with Gasteiger partial charge in [0.25, 0.3) is 5.91 Å². The molecular formula is C10H12N2OS2. The van der Waals surface area contributed by atoms with Crippen LogP contribution in [0.15, 0.2) is 16.4 Å². The number of rotatable bonds is 2. The molecule has 0 aromatic carbocycles. The fourth-order valence-corrected chi connectivity index (χ4v) is 2.99. The number of thiophene rings is 1. The summed E-state index contributed by atoms with van der Waals surface area (Å²) >= 11 is 3.09. The van der Waals surface area contributed by atoms with Gasteiger partial charge in [-0.05, 0) is 23.4 Å². The summed E-state index contributed by atoms with van der Waals surface area (Å²) in [4.78, 5) is 16.9. The lowest BCUT2D eigenvalue weighted by atomic mass is 10.2. The van der Waals surface area contributed by atoms with E-state index in [4.69, 9.17) is 0 Å². The van der Waals surface area contributed by atoms with Crippen molar-refractivity contribution in [2.24, 2.45) is 4.99 Å². The van der Waals surface area contributed by atoms with Crippen molar-refractivity contribution in [1.82, 2.24) is 5.32 Å². The first-order valence-corrected chi connectivity index (χ1v) is 6.72. The quantitative estimate of drug-likeness (QED) is 0.860. The normalized spacial score (nSPS) is 15.1. The average Bonchev–Trinajstić information content (AvgIpc) is 2.86. The predicted octanol–water partition coefficient (Wildman–Crippen LogP) is 2.14. The van der Waals surface area contributed by atoms with Crippen molar-refractivity contribution < 1.29 is 4.79 Å². The number of nitrogens with zero attached hydrogens (tertiary/aromatic N) is 1. The molecule has 0 saturated carbocycles. The highest BCUT2D eigenvalue weighted by atomic mass is 32.2. The Bertz CT molecular complexity index is 398. The lowest BCUT2D eigenvalue weighted by Gasteiger charge is -2.03. The monoisotopic (exact) mass is 240 g/mol. The molecule has 15 heavy (non-hydrogen) atoms. The second-order valence-electron chi connectivity index (χ2n) is 3.12. The number of carbonyl (C=O) groups is 1. The molecule has 0 saturated heterocycles. The van der Waals surface area contributed by atoms with Gasteiger partial charge in [0.2, 0.25) is 0 Å². The van der Waals surface area contributed by atoms with Crippen LogP contribution in [0.1, 0.15) is 22.2 Å². The van der Waals surface area contributed by atoms with Gasteiger partial charge >= 0.3 is 0 Å². The molecule has 1 aromatic rings. The van der Waals surface area contributed by atoms with E-state index in [1.54, 1.807) is 11.8 Å². The van der Waals surface area contributed by atoms with E-state index in [2.05, 4.69) is 17.2 Å².